The van der Waals surface area contributed by atoms with E-state index in [1.54, 1.807) is 0 Å². The molecule has 0 radical (unpaired) electrons. The maximum absolute atomic E-state index is 10.5. The number of carbonyl (C=O) groups is 1. The molecule has 0 fully saturated rings. The summed E-state index contributed by atoms with van der Waals surface area (Å²) in [5.74, 6) is -1.57. The van der Waals surface area contributed by atoms with Crippen LogP contribution in [0.3, 0.4) is 0 Å². The first-order valence-corrected chi connectivity index (χ1v) is 6.16. The monoisotopic (exact) mass is 247 g/mol. The lowest BCUT2D eigenvalue weighted by atomic mass is 10.7. The first-order valence-electron chi connectivity index (χ1n) is 2.93. The number of hydrogen-bond acceptors (Lipinski definition) is 4. The number of aliphatic carboxylic acids is 1. The molecule has 0 rings (SSSR count). The van der Waals surface area contributed by atoms with Crippen LogP contribution in [0.4, 0.5) is 0 Å². The maximum Gasteiger partial charge on any atom is 0.382 e. The van der Waals surface area contributed by atoms with Crippen LogP contribution in [0, 0.1) is 0 Å². The SMILES string of the molecule is O=C(O)CN=C(P(=O)(O)O)P(=O)(O)O. The summed E-state index contributed by atoms with van der Waals surface area (Å²) < 4.78 is 20.9. The Bertz CT molecular complexity index is 324. The van der Waals surface area contributed by atoms with Crippen molar-refractivity contribution in [3.8, 4) is 0 Å². The molecule has 0 saturated heterocycles. The van der Waals surface area contributed by atoms with Gasteiger partial charge in [-0.3, -0.25) is 18.9 Å². The lowest BCUT2D eigenvalue weighted by Crippen LogP contribution is -2.06. The third-order valence-corrected chi connectivity index (χ3v) is 3.77. The highest BCUT2D eigenvalue weighted by molar-refractivity contribution is 7.97. The van der Waals surface area contributed by atoms with E-state index in [1.165, 1.54) is 0 Å². The topological polar surface area (TPSA) is 165 Å². The van der Waals surface area contributed by atoms with Crippen LogP contribution < -0.4 is 0 Å². The molecule has 14 heavy (non-hydrogen) atoms. The van der Waals surface area contributed by atoms with Crippen LogP contribution in [0.15, 0.2) is 4.99 Å². The predicted octanol–water partition coefficient (Wildman–Crippen LogP) is -1.22. The summed E-state index contributed by atoms with van der Waals surface area (Å²) in [6.07, 6.45) is 0. The van der Waals surface area contributed by atoms with Crippen molar-refractivity contribution in [2.75, 3.05) is 6.54 Å². The first kappa shape index (κ1) is 13.4. The van der Waals surface area contributed by atoms with Gasteiger partial charge in [0, 0.05) is 0 Å². The number of rotatable bonds is 4. The molecule has 0 aromatic carbocycles. The predicted molar refractivity (Wildman–Crippen MR) is 44.0 cm³/mol. The Balaban J connectivity index is 5.15. The standard InChI is InChI=1S/C3H7NO8P2/c5-2(6)1-4-3(13(7,8)9)14(10,11)12/h1H2,(H,5,6)(H2,7,8,9)(H2,10,11,12). The first-order chi connectivity index (χ1) is 6.05. The molecule has 0 spiro atoms. The number of aliphatic imine (C=N–C) groups is 1. The highest BCUT2D eigenvalue weighted by atomic mass is 31.2. The summed E-state index contributed by atoms with van der Waals surface area (Å²) in [7, 11) is -10.5. The normalized spacial score (nSPS) is 12.3. The van der Waals surface area contributed by atoms with E-state index in [9.17, 15) is 13.9 Å². The Morgan fingerprint density at radius 3 is 1.64 bits per heavy atom. The van der Waals surface area contributed by atoms with E-state index in [0.717, 1.165) is 0 Å². The molecule has 0 bridgehead atoms. The van der Waals surface area contributed by atoms with Crippen LogP contribution in [0.25, 0.3) is 0 Å². The van der Waals surface area contributed by atoms with E-state index in [0.29, 0.717) is 0 Å². The summed E-state index contributed by atoms with van der Waals surface area (Å²) in [5.41, 5.74) is 0. The second kappa shape index (κ2) is 4.31. The molecule has 5 N–H and O–H groups in total. The van der Waals surface area contributed by atoms with E-state index in [-0.39, 0.29) is 0 Å². The molecule has 0 aliphatic carbocycles. The van der Waals surface area contributed by atoms with Crippen LogP contribution in [0.1, 0.15) is 0 Å². The average molecular weight is 247 g/mol. The molecular formula is C3H7NO8P2. The van der Waals surface area contributed by atoms with Gasteiger partial charge in [-0.15, -0.1) is 0 Å². The Labute approximate surface area is 77.4 Å². The lowest BCUT2D eigenvalue weighted by molar-refractivity contribution is -0.135. The molecule has 82 valence electrons. The van der Waals surface area contributed by atoms with Crippen molar-refractivity contribution < 1.29 is 38.6 Å². The summed E-state index contributed by atoms with van der Waals surface area (Å²) in [6.45, 7) is -1.12. The molecule has 0 aromatic rings. The van der Waals surface area contributed by atoms with Crippen molar-refractivity contribution in [3.63, 3.8) is 0 Å². The molecule has 0 aliphatic rings. The van der Waals surface area contributed by atoms with E-state index >= 15 is 0 Å². The van der Waals surface area contributed by atoms with Gasteiger partial charge >= 0.3 is 21.2 Å². The number of hydrogen-bond donors (Lipinski definition) is 5. The minimum Gasteiger partial charge on any atom is -0.480 e. The number of carboxylic acids is 1. The van der Waals surface area contributed by atoms with Crippen molar-refractivity contribution in [1.29, 1.82) is 0 Å². The van der Waals surface area contributed by atoms with Crippen LogP contribution in [0.2, 0.25) is 0 Å². The lowest BCUT2D eigenvalue weighted by Gasteiger charge is -2.08. The molecule has 0 aliphatic heterocycles. The zero-order chi connectivity index (χ0) is 11.6. The zero-order valence-corrected chi connectivity index (χ0v) is 8.30. The Hall–Kier alpha value is -0.560. The van der Waals surface area contributed by atoms with Gasteiger partial charge in [-0.2, -0.15) is 0 Å². The molecule has 0 aromatic heterocycles. The fourth-order valence-electron chi connectivity index (χ4n) is 0.492. The van der Waals surface area contributed by atoms with E-state index < -0.39 is 32.9 Å². The highest BCUT2D eigenvalue weighted by Crippen LogP contribution is 2.54. The molecule has 11 heteroatoms. The molecule has 0 amide bonds. The van der Waals surface area contributed by atoms with Gasteiger partial charge in [-0.25, -0.2) is 0 Å². The van der Waals surface area contributed by atoms with Gasteiger partial charge in [0.05, 0.1) is 0 Å². The van der Waals surface area contributed by atoms with Gasteiger partial charge in [0.25, 0.3) is 0 Å². The summed E-state index contributed by atoms with van der Waals surface area (Å²) in [4.78, 5) is 46.3. The van der Waals surface area contributed by atoms with Crippen molar-refractivity contribution in [2.45, 2.75) is 0 Å². The number of carboxylic acid groups (broad SMARTS) is 1. The quantitative estimate of drug-likeness (QED) is 0.304. The van der Waals surface area contributed by atoms with Crippen molar-refractivity contribution >= 4 is 26.4 Å². The van der Waals surface area contributed by atoms with Crippen molar-refractivity contribution in [2.24, 2.45) is 4.99 Å². The summed E-state index contributed by atoms with van der Waals surface area (Å²) >= 11 is 0. The highest BCUT2D eigenvalue weighted by Gasteiger charge is 2.38. The molecule has 0 atom stereocenters. The summed E-state index contributed by atoms with van der Waals surface area (Å²) in [5, 5.41) is 6.37. The average Bonchev–Trinajstić information content (AvgIpc) is 1.78. The van der Waals surface area contributed by atoms with Gasteiger partial charge in [-0.1, -0.05) is 0 Å². The van der Waals surface area contributed by atoms with Crippen LogP contribution >= 0.6 is 15.2 Å². The van der Waals surface area contributed by atoms with E-state index in [4.69, 9.17) is 24.7 Å². The van der Waals surface area contributed by atoms with Crippen molar-refractivity contribution in [3.05, 3.63) is 0 Å². The summed E-state index contributed by atoms with van der Waals surface area (Å²) in [6, 6.07) is 0. The minimum atomic E-state index is -5.23. The third kappa shape index (κ3) is 4.61. The van der Waals surface area contributed by atoms with Gasteiger partial charge in [-0.05, 0) is 0 Å². The largest absolute Gasteiger partial charge is 0.480 e. The second-order valence-electron chi connectivity index (χ2n) is 2.10. The van der Waals surface area contributed by atoms with Gasteiger partial charge < -0.3 is 24.7 Å². The minimum absolute atomic E-state index is 1.12. The smallest absolute Gasteiger partial charge is 0.382 e. The van der Waals surface area contributed by atoms with Gasteiger partial charge in [0.15, 0.2) is 0 Å². The van der Waals surface area contributed by atoms with Gasteiger partial charge in [0.2, 0.25) is 5.19 Å². The number of nitrogens with zero attached hydrogens (tertiary/aromatic N) is 1. The Morgan fingerprint density at radius 1 is 1.07 bits per heavy atom. The van der Waals surface area contributed by atoms with Crippen LogP contribution in [0.5, 0.6) is 0 Å². The van der Waals surface area contributed by atoms with Crippen molar-refractivity contribution in [1.82, 2.24) is 0 Å². The fraction of sp³-hybridized carbons (Fsp3) is 0.333. The Morgan fingerprint density at radius 2 is 1.43 bits per heavy atom. The molecular weight excluding hydrogens is 240 g/mol. The zero-order valence-electron chi connectivity index (χ0n) is 6.51. The van der Waals surface area contributed by atoms with Gasteiger partial charge in [0.1, 0.15) is 6.54 Å². The molecule has 0 saturated carbocycles. The Kier molecular flexibility index (Phi) is 4.14. The fourth-order valence-corrected chi connectivity index (χ4v) is 2.36. The van der Waals surface area contributed by atoms with Crippen LogP contribution in [-0.4, -0.2) is 42.4 Å². The molecule has 0 heterocycles. The molecule has 9 nitrogen and oxygen atoms in total. The van der Waals surface area contributed by atoms with E-state index in [1.807, 2.05) is 0 Å². The van der Waals surface area contributed by atoms with E-state index in [2.05, 4.69) is 4.99 Å². The second-order valence-corrected chi connectivity index (χ2v) is 5.47. The molecule has 0 unspecified atom stereocenters. The van der Waals surface area contributed by atoms with Crippen LogP contribution in [-0.2, 0) is 13.9 Å². The maximum atomic E-state index is 10.5. The third-order valence-electron chi connectivity index (χ3n) is 0.877.